The first-order valence-electron chi connectivity index (χ1n) is 9.41. The van der Waals surface area contributed by atoms with Gasteiger partial charge in [-0.1, -0.05) is 54.9 Å². The largest absolute Gasteiger partial charge is 0.355 e. The number of nitrogens with one attached hydrogen (secondary N) is 1. The third kappa shape index (κ3) is 5.77. The van der Waals surface area contributed by atoms with E-state index in [2.05, 4.69) is 5.32 Å². The Hall–Kier alpha value is -2.93. The Kier molecular flexibility index (Phi) is 8.15. The number of nitrogens with zero attached hydrogens (tertiary/aromatic N) is 2. The summed E-state index contributed by atoms with van der Waals surface area (Å²) in [5.74, 6) is -0.643. The van der Waals surface area contributed by atoms with Crippen LogP contribution in [-0.2, 0) is 22.6 Å². The molecule has 0 aliphatic heterocycles. The third-order valence-electron chi connectivity index (χ3n) is 4.57. The van der Waals surface area contributed by atoms with Crippen LogP contribution in [0, 0.1) is 10.1 Å². The maximum absolute atomic E-state index is 13.2. The van der Waals surface area contributed by atoms with Crippen molar-refractivity contribution >= 4 is 29.1 Å². The molecule has 0 bridgehead atoms. The summed E-state index contributed by atoms with van der Waals surface area (Å²) in [4.78, 5) is 38.0. The number of rotatable bonds is 9. The lowest BCUT2D eigenvalue weighted by Gasteiger charge is -2.31. The second-order valence-corrected chi connectivity index (χ2v) is 6.90. The molecule has 2 aromatic carbocycles. The number of likely N-dealkylation sites (N-methyl/N-ethyl adjacent to an activating group) is 1. The molecule has 0 saturated heterocycles. The van der Waals surface area contributed by atoms with Crippen LogP contribution in [0.15, 0.2) is 48.5 Å². The fraction of sp³-hybridized carbons (Fsp3) is 0.333. The molecule has 0 aliphatic carbocycles. The van der Waals surface area contributed by atoms with Crippen LogP contribution in [0.5, 0.6) is 0 Å². The first-order valence-corrected chi connectivity index (χ1v) is 9.79. The van der Waals surface area contributed by atoms with E-state index in [4.69, 9.17) is 11.6 Å². The zero-order chi connectivity index (χ0) is 21.4. The Morgan fingerprint density at radius 3 is 2.31 bits per heavy atom. The number of nitro groups is 1. The third-order valence-corrected chi connectivity index (χ3v) is 4.93. The molecule has 0 heterocycles. The van der Waals surface area contributed by atoms with E-state index in [0.717, 1.165) is 0 Å². The molecule has 0 radical (unpaired) electrons. The van der Waals surface area contributed by atoms with Gasteiger partial charge in [0.1, 0.15) is 6.04 Å². The number of hydrogen-bond donors (Lipinski definition) is 1. The molecule has 0 spiro atoms. The standard InChI is InChI=1S/C21H24ClN3O4/c1-3-18(21(27)23-4-2)24(14-16-10-5-7-11-17(16)22)20(26)13-15-9-6-8-12-19(15)25(28)29/h5-12,18H,3-4,13-14H2,1-2H3,(H,23,27)/t18-/m0/s1. The van der Waals surface area contributed by atoms with Crippen LogP contribution < -0.4 is 5.32 Å². The number of para-hydroxylation sites is 1. The number of nitro benzene ring substituents is 1. The highest BCUT2D eigenvalue weighted by atomic mass is 35.5. The van der Waals surface area contributed by atoms with Gasteiger partial charge in [-0.3, -0.25) is 19.7 Å². The Bertz CT molecular complexity index is 888. The van der Waals surface area contributed by atoms with E-state index in [1.54, 1.807) is 49.4 Å². The van der Waals surface area contributed by atoms with Gasteiger partial charge in [-0.2, -0.15) is 0 Å². The number of amides is 2. The zero-order valence-electron chi connectivity index (χ0n) is 16.4. The molecule has 0 aromatic heterocycles. The first kappa shape index (κ1) is 22.4. The minimum absolute atomic E-state index is 0.121. The summed E-state index contributed by atoms with van der Waals surface area (Å²) in [6.07, 6.45) is 0.219. The van der Waals surface area contributed by atoms with Gasteiger partial charge >= 0.3 is 0 Å². The number of carbonyl (C=O) groups is 2. The first-order chi connectivity index (χ1) is 13.9. The van der Waals surface area contributed by atoms with Gasteiger partial charge in [-0.05, 0) is 25.0 Å². The van der Waals surface area contributed by atoms with E-state index in [-0.39, 0.29) is 30.5 Å². The summed E-state index contributed by atoms with van der Waals surface area (Å²) in [5.41, 5.74) is 0.884. The summed E-state index contributed by atoms with van der Waals surface area (Å²) in [7, 11) is 0. The van der Waals surface area contributed by atoms with E-state index in [1.165, 1.54) is 11.0 Å². The van der Waals surface area contributed by atoms with Gasteiger partial charge in [0.25, 0.3) is 5.69 Å². The van der Waals surface area contributed by atoms with Crippen molar-refractivity contribution < 1.29 is 14.5 Å². The van der Waals surface area contributed by atoms with Crippen molar-refractivity contribution in [2.24, 2.45) is 0 Å². The van der Waals surface area contributed by atoms with Crippen LogP contribution in [0.2, 0.25) is 5.02 Å². The van der Waals surface area contributed by atoms with E-state index >= 15 is 0 Å². The summed E-state index contributed by atoms with van der Waals surface area (Å²) in [5, 5.41) is 14.5. The predicted octanol–water partition coefficient (Wildman–Crippen LogP) is 3.73. The second-order valence-electron chi connectivity index (χ2n) is 6.49. The molecule has 7 nitrogen and oxygen atoms in total. The quantitative estimate of drug-likeness (QED) is 0.497. The smallest absolute Gasteiger partial charge is 0.273 e. The second kappa shape index (κ2) is 10.6. The number of benzene rings is 2. The highest BCUT2D eigenvalue weighted by Gasteiger charge is 2.30. The molecule has 154 valence electrons. The number of halogens is 1. The molecule has 1 atom stereocenters. The van der Waals surface area contributed by atoms with Crippen molar-refractivity contribution in [3.63, 3.8) is 0 Å². The molecule has 0 aliphatic rings. The molecular formula is C21H24ClN3O4. The monoisotopic (exact) mass is 417 g/mol. The number of hydrogen-bond acceptors (Lipinski definition) is 4. The Morgan fingerprint density at radius 2 is 1.72 bits per heavy atom. The van der Waals surface area contributed by atoms with Gasteiger partial charge in [0.05, 0.1) is 11.3 Å². The molecule has 0 saturated carbocycles. The molecule has 2 aromatic rings. The Labute approximate surface area is 174 Å². The lowest BCUT2D eigenvalue weighted by Crippen LogP contribution is -2.49. The lowest BCUT2D eigenvalue weighted by molar-refractivity contribution is -0.385. The highest BCUT2D eigenvalue weighted by Crippen LogP contribution is 2.23. The van der Waals surface area contributed by atoms with Crippen LogP contribution in [-0.4, -0.2) is 34.2 Å². The van der Waals surface area contributed by atoms with Gasteiger partial charge in [0.15, 0.2) is 0 Å². The Balaban J connectivity index is 2.38. The van der Waals surface area contributed by atoms with E-state index in [0.29, 0.717) is 29.1 Å². The zero-order valence-corrected chi connectivity index (χ0v) is 17.2. The fourth-order valence-electron chi connectivity index (χ4n) is 3.12. The van der Waals surface area contributed by atoms with Crippen LogP contribution in [0.3, 0.4) is 0 Å². The Morgan fingerprint density at radius 1 is 1.10 bits per heavy atom. The van der Waals surface area contributed by atoms with E-state index in [1.807, 2.05) is 6.92 Å². The molecule has 1 N–H and O–H groups in total. The molecule has 0 unspecified atom stereocenters. The predicted molar refractivity (Wildman–Crippen MR) is 112 cm³/mol. The molecule has 29 heavy (non-hydrogen) atoms. The highest BCUT2D eigenvalue weighted by molar-refractivity contribution is 6.31. The van der Waals surface area contributed by atoms with Gasteiger partial charge in [0, 0.05) is 29.7 Å². The number of carbonyl (C=O) groups excluding carboxylic acids is 2. The van der Waals surface area contributed by atoms with Gasteiger partial charge in [0.2, 0.25) is 11.8 Å². The molecule has 8 heteroatoms. The van der Waals surface area contributed by atoms with Crippen molar-refractivity contribution in [2.75, 3.05) is 6.54 Å². The fourth-order valence-corrected chi connectivity index (χ4v) is 3.32. The summed E-state index contributed by atoms with van der Waals surface area (Å²) < 4.78 is 0. The van der Waals surface area contributed by atoms with Crippen LogP contribution in [0.1, 0.15) is 31.4 Å². The van der Waals surface area contributed by atoms with Gasteiger partial charge in [-0.15, -0.1) is 0 Å². The van der Waals surface area contributed by atoms with Gasteiger partial charge < -0.3 is 10.2 Å². The van der Waals surface area contributed by atoms with E-state index < -0.39 is 11.0 Å². The normalized spacial score (nSPS) is 11.6. The molecular weight excluding hydrogens is 394 g/mol. The molecule has 0 fully saturated rings. The van der Waals surface area contributed by atoms with Gasteiger partial charge in [-0.25, -0.2) is 0 Å². The summed E-state index contributed by atoms with van der Waals surface area (Å²) in [6.45, 7) is 4.19. The van der Waals surface area contributed by atoms with Crippen LogP contribution in [0.25, 0.3) is 0 Å². The summed E-state index contributed by atoms with van der Waals surface area (Å²) >= 11 is 6.26. The minimum Gasteiger partial charge on any atom is -0.355 e. The van der Waals surface area contributed by atoms with Crippen LogP contribution >= 0.6 is 11.6 Å². The van der Waals surface area contributed by atoms with Crippen molar-refractivity contribution in [1.29, 1.82) is 0 Å². The van der Waals surface area contributed by atoms with Crippen molar-refractivity contribution in [3.8, 4) is 0 Å². The minimum atomic E-state index is -0.707. The topological polar surface area (TPSA) is 92.6 Å². The molecule has 2 rings (SSSR count). The maximum Gasteiger partial charge on any atom is 0.273 e. The maximum atomic E-state index is 13.2. The van der Waals surface area contributed by atoms with Crippen molar-refractivity contribution in [3.05, 3.63) is 74.8 Å². The summed E-state index contributed by atoms with van der Waals surface area (Å²) in [6, 6.07) is 12.5. The average molecular weight is 418 g/mol. The average Bonchev–Trinajstić information content (AvgIpc) is 2.69. The van der Waals surface area contributed by atoms with E-state index in [9.17, 15) is 19.7 Å². The molecule has 2 amide bonds. The van der Waals surface area contributed by atoms with Crippen LogP contribution in [0.4, 0.5) is 5.69 Å². The SMILES string of the molecule is CCNC(=O)[C@H](CC)N(Cc1ccccc1Cl)C(=O)Cc1ccccc1[N+](=O)[O-]. The lowest BCUT2D eigenvalue weighted by atomic mass is 10.1. The van der Waals surface area contributed by atoms with Crippen molar-refractivity contribution in [2.45, 2.75) is 39.3 Å². The van der Waals surface area contributed by atoms with Crippen molar-refractivity contribution in [1.82, 2.24) is 10.2 Å².